The average Bonchev–Trinajstić information content (AvgIpc) is 3.06. The van der Waals surface area contributed by atoms with Crippen LogP contribution in [0, 0.1) is 70.3 Å². The fourth-order valence-corrected chi connectivity index (χ4v) is 18.1. The minimum atomic E-state index is -1.84. The van der Waals surface area contributed by atoms with Gasteiger partial charge in [-0.25, -0.2) is 0 Å². The molecule has 0 spiro atoms. The van der Waals surface area contributed by atoms with Gasteiger partial charge in [0.2, 0.25) is 0 Å². The second kappa shape index (κ2) is 18.4. The van der Waals surface area contributed by atoms with Crippen molar-refractivity contribution in [3.8, 4) is 70.3 Å². The van der Waals surface area contributed by atoms with Crippen molar-refractivity contribution < 1.29 is 0 Å². The molecule has 0 atom stereocenters. The standard InChI is InChI=1S/C48H54Si2/c1-37(2)49(38(3)4,39(5)6)35-33-47-31-21-19-29-45(47)27-17-15-25-43-23-13-14-24-44(43)26-16-18-28-46-30-20-22-32-48(46)34-36-50(40(7)8,41(9)10)42(11)12/h13-14,19-24,29-32,37-42H,1-12H3. The predicted molar refractivity (Wildman–Crippen MR) is 223 cm³/mol. The van der Waals surface area contributed by atoms with E-state index in [9.17, 15) is 0 Å². The maximum absolute atomic E-state index is 3.83. The Kier molecular flexibility index (Phi) is 14.7. The number of benzene rings is 3. The minimum Gasteiger partial charge on any atom is -0.125 e. The third kappa shape index (κ3) is 9.57. The molecule has 3 aromatic rings. The SMILES string of the molecule is CC(C)[Si](C#Cc1ccccc1C#CC#Cc1ccccc1C#CC#Cc1ccccc1C#C[Si](C(C)C)(C(C)C)C(C)C)(C(C)C)C(C)C. The van der Waals surface area contributed by atoms with Gasteiger partial charge in [0.05, 0.1) is 0 Å². The fraction of sp³-hybridized carbons (Fsp3) is 0.375. The molecule has 0 radical (unpaired) electrons. The summed E-state index contributed by atoms with van der Waals surface area (Å²) < 4.78 is 0. The lowest BCUT2D eigenvalue weighted by molar-refractivity contribution is 0.838. The summed E-state index contributed by atoms with van der Waals surface area (Å²) in [6.45, 7) is 28.1. The molecule has 0 aliphatic heterocycles. The zero-order chi connectivity index (χ0) is 36.9. The zero-order valence-electron chi connectivity index (χ0n) is 32.4. The molecular formula is C48H54Si2. The largest absolute Gasteiger partial charge is 0.146 e. The second-order valence-electron chi connectivity index (χ2n) is 14.9. The molecule has 0 saturated carbocycles. The van der Waals surface area contributed by atoms with E-state index in [2.05, 4.69) is 166 Å². The summed E-state index contributed by atoms with van der Waals surface area (Å²) in [5, 5.41) is 0. The number of hydrogen-bond donors (Lipinski definition) is 0. The highest BCUT2D eigenvalue weighted by Gasteiger charge is 2.42. The monoisotopic (exact) mass is 686 g/mol. The Morgan fingerprint density at radius 3 is 0.660 bits per heavy atom. The van der Waals surface area contributed by atoms with E-state index in [4.69, 9.17) is 0 Å². The Labute approximate surface area is 307 Å². The first-order valence-corrected chi connectivity index (χ1v) is 22.6. The van der Waals surface area contributed by atoms with E-state index in [-0.39, 0.29) is 0 Å². The Morgan fingerprint density at radius 2 is 0.480 bits per heavy atom. The van der Waals surface area contributed by atoms with Gasteiger partial charge >= 0.3 is 0 Å². The van der Waals surface area contributed by atoms with E-state index in [0.717, 1.165) is 33.4 Å². The average molecular weight is 687 g/mol. The van der Waals surface area contributed by atoms with Gasteiger partial charge in [0.25, 0.3) is 0 Å². The van der Waals surface area contributed by atoms with Crippen molar-refractivity contribution in [2.45, 2.75) is 116 Å². The third-order valence-corrected chi connectivity index (χ3v) is 22.8. The highest BCUT2D eigenvalue weighted by Crippen LogP contribution is 2.41. The van der Waals surface area contributed by atoms with E-state index < -0.39 is 16.1 Å². The van der Waals surface area contributed by atoms with Crippen LogP contribution in [0.1, 0.15) is 116 Å². The summed E-state index contributed by atoms with van der Waals surface area (Å²) in [7, 11) is -3.69. The lowest BCUT2D eigenvalue weighted by atomic mass is 10.1. The molecule has 0 N–H and O–H groups in total. The molecule has 0 bridgehead atoms. The molecule has 50 heavy (non-hydrogen) atoms. The summed E-state index contributed by atoms with van der Waals surface area (Å²) >= 11 is 0. The summed E-state index contributed by atoms with van der Waals surface area (Å²) in [6, 6.07) is 24.2. The molecule has 3 rings (SSSR count). The van der Waals surface area contributed by atoms with E-state index in [0.29, 0.717) is 33.2 Å². The van der Waals surface area contributed by atoms with Gasteiger partial charge in [-0.1, -0.05) is 155 Å². The first-order chi connectivity index (χ1) is 23.8. The Bertz CT molecular complexity index is 1830. The molecule has 0 heterocycles. The molecule has 3 aromatic carbocycles. The van der Waals surface area contributed by atoms with Crippen LogP contribution in [0.5, 0.6) is 0 Å². The van der Waals surface area contributed by atoms with Crippen LogP contribution in [0.15, 0.2) is 72.8 Å². The van der Waals surface area contributed by atoms with Crippen molar-refractivity contribution in [2.75, 3.05) is 0 Å². The maximum Gasteiger partial charge on any atom is 0.146 e. The van der Waals surface area contributed by atoms with Crippen molar-refractivity contribution in [3.63, 3.8) is 0 Å². The van der Waals surface area contributed by atoms with Crippen LogP contribution in [-0.2, 0) is 0 Å². The molecule has 0 fully saturated rings. The first kappa shape index (κ1) is 39.9. The van der Waals surface area contributed by atoms with E-state index >= 15 is 0 Å². The molecule has 0 nitrogen and oxygen atoms in total. The normalized spacial score (nSPS) is 10.9. The smallest absolute Gasteiger partial charge is 0.125 e. The van der Waals surface area contributed by atoms with E-state index in [1.165, 1.54) is 0 Å². The quantitative estimate of drug-likeness (QED) is 0.179. The van der Waals surface area contributed by atoms with Crippen LogP contribution in [0.4, 0.5) is 0 Å². The highest BCUT2D eigenvalue weighted by atomic mass is 28.3. The molecule has 0 unspecified atom stereocenters. The van der Waals surface area contributed by atoms with Gasteiger partial charge in [-0.15, -0.1) is 11.1 Å². The third-order valence-electron chi connectivity index (χ3n) is 10.3. The van der Waals surface area contributed by atoms with Crippen LogP contribution >= 0.6 is 0 Å². The van der Waals surface area contributed by atoms with E-state index in [1.807, 2.05) is 60.7 Å². The maximum atomic E-state index is 3.83. The predicted octanol–water partition coefficient (Wildman–Crippen LogP) is 11.6. The van der Waals surface area contributed by atoms with Crippen LogP contribution in [0.3, 0.4) is 0 Å². The molecule has 2 heteroatoms. The molecule has 254 valence electrons. The van der Waals surface area contributed by atoms with Crippen molar-refractivity contribution in [2.24, 2.45) is 0 Å². The number of hydrogen-bond acceptors (Lipinski definition) is 0. The molecule has 0 amide bonds. The zero-order valence-corrected chi connectivity index (χ0v) is 34.4. The minimum absolute atomic E-state index is 0.578. The fourth-order valence-electron chi connectivity index (χ4n) is 7.71. The van der Waals surface area contributed by atoms with Crippen LogP contribution in [0.25, 0.3) is 0 Å². The lowest BCUT2D eigenvalue weighted by Crippen LogP contribution is -2.43. The van der Waals surface area contributed by atoms with Crippen LogP contribution in [0.2, 0.25) is 33.2 Å². The van der Waals surface area contributed by atoms with Gasteiger partial charge in [0.1, 0.15) is 16.1 Å². The molecule has 0 aliphatic carbocycles. The Hall–Kier alpha value is -4.55. The van der Waals surface area contributed by atoms with Gasteiger partial charge < -0.3 is 0 Å². The second-order valence-corrected chi connectivity index (χ2v) is 26.1. The van der Waals surface area contributed by atoms with Crippen molar-refractivity contribution in [3.05, 3.63) is 106 Å². The molecule has 0 aromatic heterocycles. The van der Waals surface area contributed by atoms with Gasteiger partial charge in [-0.05, 0) is 93.3 Å². The van der Waals surface area contributed by atoms with Crippen molar-refractivity contribution in [1.82, 2.24) is 0 Å². The molecule has 0 aliphatic rings. The lowest BCUT2D eigenvalue weighted by Gasteiger charge is -2.38. The first-order valence-electron chi connectivity index (χ1n) is 18.1. The summed E-state index contributed by atoms with van der Waals surface area (Å²) in [6.07, 6.45) is 0. The molecule has 0 saturated heterocycles. The van der Waals surface area contributed by atoms with Gasteiger partial charge in [0, 0.05) is 33.4 Å². The molecular weight excluding hydrogens is 633 g/mol. The highest BCUT2D eigenvalue weighted by molar-refractivity contribution is 6.91. The van der Waals surface area contributed by atoms with Crippen LogP contribution < -0.4 is 0 Å². The Morgan fingerprint density at radius 1 is 0.300 bits per heavy atom. The van der Waals surface area contributed by atoms with Gasteiger partial charge in [-0.3, -0.25) is 0 Å². The van der Waals surface area contributed by atoms with E-state index in [1.54, 1.807) is 0 Å². The van der Waals surface area contributed by atoms with Crippen molar-refractivity contribution in [1.29, 1.82) is 0 Å². The van der Waals surface area contributed by atoms with Gasteiger partial charge in [-0.2, -0.15) is 0 Å². The Balaban J connectivity index is 1.90. The summed E-state index contributed by atoms with van der Waals surface area (Å²) in [4.78, 5) is 0. The topological polar surface area (TPSA) is 0 Å². The summed E-state index contributed by atoms with van der Waals surface area (Å²) in [5.41, 5.74) is 16.5. The van der Waals surface area contributed by atoms with Crippen molar-refractivity contribution >= 4 is 16.1 Å². The number of rotatable bonds is 6. The van der Waals surface area contributed by atoms with Gasteiger partial charge in [0.15, 0.2) is 0 Å². The summed E-state index contributed by atoms with van der Waals surface area (Å²) in [5.74, 6) is 32.3. The van der Waals surface area contributed by atoms with Crippen LogP contribution in [-0.4, -0.2) is 16.1 Å².